The molecule has 160 valence electrons. The van der Waals surface area contributed by atoms with Crippen molar-refractivity contribution in [1.82, 2.24) is 20.1 Å². The molecule has 0 aliphatic carbocycles. The minimum absolute atomic E-state index is 0.138. The van der Waals surface area contributed by atoms with E-state index in [1.807, 2.05) is 29.7 Å². The molecule has 4 rings (SSSR count). The van der Waals surface area contributed by atoms with E-state index in [9.17, 15) is 4.79 Å². The SMILES string of the molecule is CN(C)C1(c2cccs2)CCN(CCNC(=O)CCc2c[nH]c3ccccc23)CC1. The predicted octanol–water partition coefficient (Wildman–Crippen LogP) is 3.83. The third kappa shape index (κ3) is 4.46. The molecule has 2 aromatic heterocycles. The van der Waals surface area contributed by atoms with Gasteiger partial charge in [-0.05, 0) is 56.4 Å². The first kappa shape index (κ1) is 21.1. The molecular weight excluding hydrogens is 392 g/mol. The van der Waals surface area contributed by atoms with Gasteiger partial charge in [-0.2, -0.15) is 0 Å². The van der Waals surface area contributed by atoms with Gasteiger partial charge in [0.15, 0.2) is 0 Å². The van der Waals surface area contributed by atoms with Crippen LogP contribution < -0.4 is 5.32 Å². The summed E-state index contributed by atoms with van der Waals surface area (Å²) in [5.41, 5.74) is 2.51. The van der Waals surface area contributed by atoms with Gasteiger partial charge in [-0.25, -0.2) is 0 Å². The molecule has 1 aliphatic rings. The lowest BCUT2D eigenvalue weighted by molar-refractivity contribution is -0.121. The van der Waals surface area contributed by atoms with E-state index in [0.717, 1.165) is 51.0 Å². The van der Waals surface area contributed by atoms with Crippen LogP contribution in [0.4, 0.5) is 0 Å². The number of thiophene rings is 1. The van der Waals surface area contributed by atoms with E-state index in [4.69, 9.17) is 0 Å². The first-order valence-electron chi connectivity index (χ1n) is 10.8. The maximum absolute atomic E-state index is 12.3. The van der Waals surface area contributed by atoms with Gasteiger partial charge in [0.1, 0.15) is 0 Å². The van der Waals surface area contributed by atoms with Crippen LogP contribution in [0.1, 0.15) is 29.7 Å². The Morgan fingerprint density at radius 3 is 2.73 bits per heavy atom. The zero-order valence-electron chi connectivity index (χ0n) is 18.0. The Balaban J connectivity index is 1.20. The van der Waals surface area contributed by atoms with Gasteiger partial charge in [0.2, 0.25) is 5.91 Å². The van der Waals surface area contributed by atoms with E-state index in [1.54, 1.807) is 0 Å². The standard InChI is InChI=1S/C24H32N4OS/c1-27(2)24(22-8-5-17-30-22)11-14-28(15-12-24)16-13-25-23(29)10-9-19-18-26-21-7-4-3-6-20(19)21/h3-8,17-18,26H,9-16H2,1-2H3,(H,25,29). The van der Waals surface area contributed by atoms with Crippen LogP contribution >= 0.6 is 11.3 Å². The third-order valence-corrected chi connectivity index (χ3v) is 7.63. The van der Waals surface area contributed by atoms with Gasteiger partial charge in [-0.1, -0.05) is 24.3 Å². The number of carbonyl (C=O) groups is 1. The van der Waals surface area contributed by atoms with Crippen molar-refractivity contribution in [2.75, 3.05) is 40.3 Å². The van der Waals surface area contributed by atoms with Gasteiger partial charge < -0.3 is 15.2 Å². The van der Waals surface area contributed by atoms with E-state index in [2.05, 4.69) is 63.8 Å². The van der Waals surface area contributed by atoms with Crippen LogP contribution in [0.25, 0.3) is 10.9 Å². The number of aryl methyl sites for hydroxylation is 1. The maximum Gasteiger partial charge on any atom is 0.220 e. The predicted molar refractivity (Wildman–Crippen MR) is 125 cm³/mol. The number of hydrogen-bond donors (Lipinski definition) is 2. The van der Waals surface area contributed by atoms with E-state index >= 15 is 0 Å². The van der Waals surface area contributed by atoms with Crippen molar-refractivity contribution in [3.8, 4) is 0 Å². The highest BCUT2D eigenvalue weighted by Crippen LogP contribution is 2.39. The molecule has 1 aromatic carbocycles. The molecule has 0 spiro atoms. The highest BCUT2D eigenvalue weighted by molar-refractivity contribution is 7.10. The van der Waals surface area contributed by atoms with Gasteiger partial charge in [0.05, 0.1) is 5.54 Å². The lowest BCUT2D eigenvalue weighted by Gasteiger charge is -2.45. The fourth-order valence-electron chi connectivity index (χ4n) is 4.63. The first-order valence-corrected chi connectivity index (χ1v) is 11.7. The summed E-state index contributed by atoms with van der Waals surface area (Å²) in [5.74, 6) is 0.138. The van der Waals surface area contributed by atoms with Crippen LogP contribution in [0, 0.1) is 0 Å². The number of aromatic amines is 1. The number of nitrogens with zero attached hydrogens (tertiary/aromatic N) is 2. The minimum atomic E-state index is 0.138. The molecular formula is C24H32N4OS. The number of aromatic nitrogens is 1. The summed E-state index contributed by atoms with van der Waals surface area (Å²) in [5, 5.41) is 6.51. The fraction of sp³-hybridized carbons (Fsp3) is 0.458. The normalized spacial score (nSPS) is 16.9. The number of para-hydroxylation sites is 1. The maximum atomic E-state index is 12.3. The van der Waals surface area contributed by atoms with Crippen LogP contribution in [0.2, 0.25) is 0 Å². The quantitative estimate of drug-likeness (QED) is 0.578. The molecule has 30 heavy (non-hydrogen) atoms. The van der Waals surface area contributed by atoms with Crippen LogP contribution in [0.3, 0.4) is 0 Å². The highest BCUT2D eigenvalue weighted by Gasteiger charge is 2.38. The second-order valence-electron chi connectivity index (χ2n) is 8.45. The number of nitrogens with one attached hydrogen (secondary N) is 2. The number of rotatable bonds is 8. The van der Waals surface area contributed by atoms with Crippen molar-refractivity contribution in [2.45, 2.75) is 31.2 Å². The van der Waals surface area contributed by atoms with Crippen LogP contribution in [-0.2, 0) is 16.8 Å². The van der Waals surface area contributed by atoms with Crippen LogP contribution in [0.15, 0.2) is 48.0 Å². The Labute approximate surface area is 183 Å². The zero-order chi connectivity index (χ0) is 21.0. The van der Waals surface area contributed by atoms with Gasteiger partial charge in [0, 0.05) is 54.6 Å². The molecule has 3 heterocycles. The Morgan fingerprint density at radius 2 is 2.00 bits per heavy atom. The average Bonchev–Trinajstić information content (AvgIpc) is 3.43. The lowest BCUT2D eigenvalue weighted by Crippen LogP contribution is -2.51. The second-order valence-corrected chi connectivity index (χ2v) is 9.40. The third-order valence-electron chi connectivity index (χ3n) is 6.57. The summed E-state index contributed by atoms with van der Waals surface area (Å²) < 4.78 is 0. The number of benzene rings is 1. The molecule has 0 atom stereocenters. The van der Waals surface area contributed by atoms with Crippen molar-refractivity contribution in [3.05, 3.63) is 58.4 Å². The highest BCUT2D eigenvalue weighted by atomic mass is 32.1. The van der Waals surface area contributed by atoms with Crippen LogP contribution in [-0.4, -0.2) is 61.0 Å². The second kappa shape index (κ2) is 9.33. The first-order chi connectivity index (χ1) is 14.6. The largest absolute Gasteiger partial charge is 0.361 e. The lowest BCUT2D eigenvalue weighted by atomic mass is 9.84. The molecule has 2 N–H and O–H groups in total. The number of amides is 1. The summed E-state index contributed by atoms with van der Waals surface area (Å²) in [6.07, 6.45) is 5.59. The summed E-state index contributed by atoms with van der Waals surface area (Å²) >= 11 is 1.87. The molecule has 0 radical (unpaired) electrons. The summed E-state index contributed by atoms with van der Waals surface area (Å²) in [6.45, 7) is 3.79. The number of carbonyl (C=O) groups excluding carboxylic acids is 1. The van der Waals surface area contributed by atoms with Gasteiger partial charge >= 0.3 is 0 Å². The van der Waals surface area contributed by atoms with Crippen molar-refractivity contribution in [3.63, 3.8) is 0 Å². The number of H-pyrrole nitrogens is 1. The molecule has 3 aromatic rings. The van der Waals surface area contributed by atoms with Gasteiger partial charge in [-0.3, -0.25) is 9.69 Å². The van der Waals surface area contributed by atoms with E-state index < -0.39 is 0 Å². The minimum Gasteiger partial charge on any atom is -0.361 e. The molecule has 0 saturated carbocycles. The molecule has 1 fully saturated rings. The van der Waals surface area contributed by atoms with Gasteiger partial charge in [-0.15, -0.1) is 11.3 Å². The van der Waals surface area contributed by atoms with Crippen molar-refractivity contribution < 1.29 is 4.79 Å². The average molecular weight is 425 g/mol. The molecule has 6 heteroatoms. The van der Waals surface area contributed by atoms with Crippen molar-refractivity contribution in [2.24, 2.45) is 0 Å². The topological polar surface area (TPSA) is 51.4 Å². The molecule has 1 amide bonds. The zero-order valence-corrected chi connectivity index (χ0v) is 18.8. The Bertz CT molecular complexity index is 955. The smallest absolute Gasteiger partial charge is 0.220 e. The molecule has 5 nitrogen and oxygen atoms in total. The van der Waals surface area contributed by atoms with Crippen LogP contribution in [0.5, 0.6) is 0 Å². The van der Waals surface area contributed by atoms with E-state index in [-0.39, 0.29) is 11.4 Å². The Kier molecular flexibility index (Phi) is 6.56. The van der Waals surface area contributed by atoms with Crippen molar-refractivity contribution >= 4 is 28.1 Å². The number of fused-ring (bicyclic) bond motifs is 1. The summed E-state index contributed by atoms with van der Waals surface area (Å²) in [4.78, 5) is 21.9. The summed E-state index contributed by atoms with van der Waals surface area (Å²) in [7, 11) is 4.40. The monoisotopic (exact) mass is 424 g/mol. The molecule has 0 bridgehead atoms. The Hall–Kier alpha value is -2.15. The molecule has 1 aliphatic heterocycles. The Morgan fingerprint density at radius 1 is 1.20 bits per heavy atom. The van der Waals surface area contributed by atoms with Gasteiger partial charge in [0.25, 0.3) is 0 Å². The van der Waals surface area contributed by atoms with E-state index in [0.29, 0.717) is 6.42 Å². The number of hydrogen-bond acceptors (Lipinski definition) is 4. The number of likely N-dealkylation sites (tertiary alicyclic amines) is 1. The summed E-state index contributed by atoms with van der Waals surface area (Å²) in [6, 6.07) is 12.7. The van der Waals surface area contributed by atoms with Crippen molar-refractivity contribution in [1.29, 1.82) is 0 Å². The molecule has 0 unspecified atom stereocenters. The number of piperidine rings is 1. The van der Waals surface area contributed by atoms with E-state index in [1.165, 1.54) is 15.8 Å². The molecule has 1 saturated heterocycles. The fourth-order valence-corrected chi connectivity index (χ4v) is 5.70.